The molecule has 5 N–H and O–H groups in total. The molecule has 14 atom stereocenters. The van der Waals surface area contributed by atoms with Gasteiger partial charge in [-0.25, -0.2) is 0 Å². The molecule has 2 aliphatic rings. The number of carboxylic acid groups (broad SMARTS) is 1. The Morgan fingerprint density at radius 3 is 2.06 bits per heavy atom. The minimum Gasteiger partial charge on any atom is -0.512 e. The van der Waals surface area contributed by atoms with Crippen LogP contribution < -0.4 is 0 Å². The van der Waals surface area contributed by atoms with E-state index in [9.17, 15) is 30.0 Å². The summed E-state index contributed by atoms with van der Waals surface area (Å²) in [5.41, 5.74) is -1.01. The molecular weight excluding hydrogens is 636 g/mol. The summed E-state index contributed by atoms with van der Waals surface area (Å²) in [5.74, 6) is -0.810. The molecule has 0 bridgehead atoms. The number of hydrogen-bond donors (Lipinski definition) is 5. The Bertz CT molecular complexity index is 1120. The molecule has 0 aromatic carbocycles. The van der Waals surface area contributed by atoms with Crippen molar-refractivity contribution in [3.8, 4) is 0 Å². The van der Waals surface area contributed by atoms with E-state index in [0.29, 0.717) is 25.7 Å². The molecule has 2 heterocycles. The Morgan fingerprint density at radius 1 is 0.820 bits per heavy atom. The van der Waals surface area contributed by atoms with Gasteiger partial charge in [0, 0.05) is 36.2 Å². The van der Waals surface area contributed by atoms with E-state index in [2.05, 4.69) is 33.8 Å². The lowest BCUT2D eigenvalue weighted by Crippen LogP contribution is -2.44. The first-order valence-corrected chi connectivity index (χ1v) is 19.4. The topological polar surface area (TPSA) is 154 Å². The van der Waals surface area contributed by atoms with Crippen LogP contribution in [0.3, 0.4) is 0 Å². The fourth-order valence-electron chi connectivity index (χ4n) is 8.02. The Morgan fingerprint density at radius 2 is 1.46 bits per heavy atom. The first-order chi connectivity index (χ1) is 23.2. The predicted octanol–water partition coefficient (Wildman–Crippen LogP) is 7.80. The minimum atomic E-state index is -0.781. The van der Waals surface area contributed by atoms with Gasteiger partial charge in [0.15, 0.2) is 5.78 Å². The first kappa shape index (κ1) is 44.4. The van der Waals surface area contributed by atoms with Gasteiger partial charge in [0.05, 0.1) is 47.5 Å². The SMILES string of the molecule is C[C@H](CCC(=O)O)C[C@H](C)C[C@H](C)C(=O)C=C(O)[C@H](C)C[C@H](C)CC=C[C@@H](C)[C@@H](O)[C@@H](C)[C@@H](O)C[C@H]1CC[C@](C)([C@H]2CC[C@@](C)([C@@H](C)O)O2)O1. The molecule has 290 valence electrons. The van der Waals surface area contributed by atoms with Crippen LogP contribution in [0.5, 0.6) is 0 Å². The van der Waals surface area contributed by atoms with E-state index in [1.807, 2.05) is 40.7 Å². The number of rotatable bonds is 22. The van der Waals surface area contributed by atoms with Crippen LogP contribution in [0.1, 0.15) is 140 Å². The van der Waals surface area contributed by atoms with Gasteiger partial charge in [-0.1, -0.05) is 60.6 Å². The van der Waals surface area contributed by atoms with Crippen LogP contribution in [-0.4, -0.2) is 79.0 Å². The van der Waals surface area contributed by atoms with E-state index in [0.717, 1.165) is 38.5 Å². The molecule has 0 saturated carbocycles. The summed E-state index contributed by atoms with van der Waals surface area (Å²) < 4.78 is 12.7. The maximum atomic E-state index is 12.8. The van der Waals surface area contributed by atoms with Gasteiger partial charge in [-0.05, 0) is 103 Å². The standard InChI is InChI=1S/C41H72O9/c1-25(21-29(5)34(43)24-35(44)30(6)22-27(3)20-26(2)14-15-38(46)47)12-11-13-28(4)39(48)31(7)36(45)23-33-16-18-41(10,49-33)37-17-19-40(9,50-37)32(8)42/h11,13,24-33,36-37,39,42-43,45,48H,12,14-23H2,1-10H3,(H,46,47)/t25-,26-,27+,28-,29-,30+,31+,32-,33-,36+,37-,39-,40+,41-/m1/s1. The zero-order chi connectivity index (χ0) is 38.0. The van der Waals surface area contributed by atoms with Crippen LogP contribution in [0.25, 0.3) is 0 Å². The first-order valence-electron chi connectivity index (χ1n) is 19.4. The lowest BCUT2D eigenvalue weighted by Gasteiger charge is -2.35. The lowest BCUT2D eigenvalue weighted by atomic mass is 9.85. The number of hydrogen-bond acceptors (Lipinski definition) is 8. The van der Waals surface area contributed by atoms with Gasteiger partial charge in [-0.2, -0.15) is 0 Å². The monoisotopic (exact) mass is 709 g/mol. The fraction of sp³-hybridized carbons (Fsp3) is 0.854. The zero-order valence-electron chi connectivity index (χ0n) is 32.8. The maximum Gasteiger partial charge on any atom is 0.303 e. The van der Waals surface area contributed by atoms with Gasteiger partial charge in [0.1, 0.15) is 0 Å². The van der Waals surface area contributed by atoms with Gasteiger partial charge in [0.2, 0.25) is 0 Å². The number of aliphatic hydroxyl groups is 4. The smallest absolute Gasteiger partial charge is 0.303 e. The number of ketones is 1. The number of ether oxygens (including phenoxy) is 2. The van der Waals surface area contributed by atoms with E-state index in [4.69, 9.17) is 14.6 Å². The van der Waals surface area contributed by atoms with Gasteiger partial charge in [-0.15, -0.1) is 0 Å². The second kappa shape index (κ2) is 19.9. The lowest BCUT2D eigenvalue weighted by molar-refractivity contribution is -0.172. The predicted molar refractivity (Wildman–Crippen MR) is 198 cm³/mol. The van der Waals surface area contributed by atoms with Crippen molar-refractivity contribution in [1.29, 1.82) is 0 Å². The van der Waals surface area contributed by atoms with Crippen molar-refractivity contribution in [2.24, 2.45) is 41.4 Å². The van der Waals surface area contributed by atoms with Crippen molar-refractivity contribution in [2.75, 3.05) is 0 Å². The molecule has 2 saturated heterocycles. The summed E-state index contributed by atoms with van der Waals surface area (Å²) in [6.45, 7) is 19.7. The molecule has 9 heteroatoms. The largest absolute Gasteiger partial charge is 0.512 e. The van der Waals surface area contributed by atoms with E-state index >= 15 is 0 Å². The number of carboxylic acids is 1. The van der Waals surface area contributed by atoms with E-state index < -0.39 is 35.5 Å². The Labute approximate surface area is 302 Å². The van der Waals surface area contributed by atoms with Crippen LogP contribution in [0.4, 0.5) is 0 Å². The molecule has 0 unspecified atom stereocenters. The molecule has 0 amide bonds. The van der Waals surface area contributed by atoms with Gasteiger partial charge in [-0.3, -0.25) is 9.59 Å². The Kier molecular flexibility index (Phi) is 17.7. The zero-order valence-corrected chi connectivity index (χ0v) is 32.8. The molecule has 2 fully saturated rings. The number of aliphatic carboxylic acids is 1. The third kappa shape index (κ3) is 13.6. The number of carbonyl (C=O) groups excluding carboxylic acids is 1. The Balaban J connectivity index is 1.77. The van der Waals surface area contributed by atoms with Crippen LogP contribution in [0.2, 0.25) is 0 Å². The Hall–Kier alpha value is -1.78. The number of allylic oxidation sites excluding steroid dienone is 3. The molecule has 0 spiro atoms. The van der Waals surface area contributed by atoms with Crippen LogP contribution >= 0.6 is 0 Å². The summed E-state index contributed by atoms with van der Waals surface area (Å²) >= 11 is 0. The second-order valence-electron chi connectivity index (χ2n) is 17.1. The molecular formula is C41H72O9. The van der Waals surface area contributed by atoms with Crippen molar-refractivity contribution in [3.05, 3.63) is 24.0 Å². The number of carbonyl (C=O) groups is 2. The molecule has 0 aromatic rings. The highest BCUT2D eigenvalue weighted by atomic mass is 16.6. The van der Waals surface area contributed by atoms with E-state index in [1.54, 1.807) is 6.92 Å². The van der Waals surface area contributed by atoms with E-state index in [-0.39, 0.29) is 71.6 Å². The molecule has 2 aliphatic heterocycles. The summed E-state index contributed by atoms with van der Waals surface area (Å²) in [6, 6.07) is 0. The second-order valence-corrected chi connectivity index (χ2v) is 17.1. The molecule has 0 radical (unpaired) electrons. The molecule has 0 aliphatic carbocycles. The van der Waals surface area contributed by atoms with Gasteiger partial charge in [0.25, 0.3) is 0 Å². The summed E-state index contributed by atoms with van der Waals surface area (Å²) in [4.78, 5) is 23.7. The number of aliphatic hydroxyl groups excluding tert-OH is 4. The van der Waals surface area contributed by atoms with Gasteiger partial charge >= 0.3 is 5.97 Å². The molecule has 0 aromatic heterocycles. The van der Waals surface area contributed by atoms with Crippen molar-refractivity contribution >= 4 is 11.8 Å². The van der Waals surface area contributed by atoms with Crippen molar-refractivity contribution in [2.45, 2.75) is 182 Å². The average molecular weight is 709 g/mol. The maximum absolute atomic E-state index is 12.8. The van der Waals surface area contributed by atoms with Crippen LogP contribution in [0, 0.1) is 41.4 Å². The highest BCUT2D eigenvalue weighted by Crippen LogP contribution is 2.45. The summed E-state index contributed by atoms with van der Waals surface area (Å²) in [5, 5.41) is 51.9. The van der Waals surface area contributed by atoms with Crippen LogP contribution in [-0.2, 0) is 19.1 Å². The fourth-order valence-corrected chi connectivity index (χ4v) is 8.02. The molecule has 9 nitrogen and oxygen atoms in total. The summed E-state index contributed by atoms with van der Waals surface area (Å²) in [7, 11) is 0. The average Bonchev–Trinajstić information content (AvgIpc) is 3.63. The van der Waals surface area contributed by atoms with E-state index in [1.165, 1.54) is 6.08 Å². The molecule has 2 rings (SSSR count). The highest BCUT2D eigenvalue weighted by Gasteiger charge is 2.51. The van der Waals surface area contributed by atoms with Crippen LogP contribution in [0.15, 0.2) is 24.0 Å². The quantitative estimate of drug-likeness (QED) is 0.0431. The third-order valence-electron chi connectivity index (χ3n) is 11.9. The van der Waals surface area contributed by atoms with Crippen molar-refractivity contribution in [1.82, 2.24) is 0 Å². The van der Waals surface area contributed by atoms with Gasteiger partial charge < -0.3 is 35.0 Å². The summed E-state index contributed by atoms with van der Waals surface area (Å²) in [6.07, 6.45) is 10.8. The van der Waals surface area contributed by atoms with Crippen molar-refractivity contribution in [3.63, 3.8) is 0 Å². The minimum absolute atomic E-state index is 0.0809. The van der Waals surface area contributed by atoms with Crippen molar-refractivity contribution < 1.29 is 44.6 Å². The normalized spacial score (nSPS) is 30.7. The molecule has 50 heavy (non-hydrogen) atoms. The highest BCUT2D eigenvalue weighted by molar-refractivity contribution is 5.91. The third-order valence-corrected chi connectivity index (χ3v) is 11.9.